The highest BCUT2D eigenvalue weighted by Gasteiger charge is 2.67. The molecule has 3 rings (SSSR count). The Morgan fingerprint density at radius 1 is 1.43 bits per heavy atom. The van der Waals surface area contributed by atoms with Gasteiger partial charge in [0.15, 0.2) is 0 Å². The molecule has 2 fully saturated rings. The summed E-state index contributed by atoms with van der Waals surface area (Å²) in [5, 5.41) is 9.56. The quantitative estimate of drug-likeness (QED) is 0.901. The van der Waals surface area contributed by atoms with Crippen LogP contribution in [-0.4, -0.2) is 28.4 Å². The second kappa shape index (κ2) is 5.28. The Morgan fingerprint density at radius 3 is 2.78 bits per heavy atom. The fraction of sp³-hybridized carbons (Fsp3) is 0.611. The Hall–Kier alpha value is -1.46. The van der Waals surface area contributed by atoms with Gasteiger partial charge in [-0.25, -0.2) is 4.39 Å². The van der Waals surface area contributed by atoms with Crippen molar-refractivity contribution in [2.45, 2.75) is 63.9 Å². The highest BCUT2D eigenvalue weighted by Crippen LogP contribution is 2.59. The lowest BCUT2D eigenvalue weighted by Crippen LogP contribution is -2.48. The molecule has 3 atom stereocenters. The predicted molar refractivity (Wildman–Crippen MR) is 82.5 cm³/mol. The first-order valence-corrected chi connectivity index (χ1v) is 7.99. The third-order valence-electron chi connectivity index (χ3n) is 5.72. The normalized spacial score (nSPS) is 33.1. The number of hydrogen-bond donors (Lipinski definition) is 1. The SMILES string of the molecule is CC12CCC(C(C)(C)C(=O)O)(CC1OCc1ccccc1F)O2. The van der Waals surface area contributed by atoms with Crippen LogP contribution in [0, 0.1) is 11.2 Å². The van der Waals surface area contributed by atoms with Crippen molar-refractivity contribution in [1.82, 2.24) is 0 Å². The van der Waals surface area contributed by atoms with Gasteiger partial charge in [0.25, 0.3) is 0 Å². The van der Waals surface area contributed by atoms with E-state index >= 15 is 0 Å². The van der Waals surface area contributed by atoms with E-state index in [0.29, 0.717) is 18.4 Å². The molecule has 2 heterocycles. The number of fused-ring (bicyclic) bond motifs is 2. The van der Waals surface area contributed by atoms with E-state index in [4.69, 9.17) is 9.47 Å². The van der Waals surface area contributed by atoms with Gasteiger partial charge < -0.3 is 14.6 Å². The van der Waals surface area contributed by atoms with Crippen LogP contribution in [0.3, 0.4) is 0 Å². The monoisotopic (exact) mass is 322 g/mol. The average Bonchev–Trinajstić information content (AvgIpc) is 2.99. The fourth-order valence-electron chi connectivity index (χ4n) is 3.82. The van der Waals surface area contributed by atoms with Gasteiger partial charge in [0.1, 0.15) is 5.82 Å². The molecule has 0 spiro atoms. The number of ether oxygens (including phenoxy) is 2. The molecule has 126 valence electrons. The van der Waals surface area contributed by atoms with Crippen molar-refractivity contribution < 1.29 is 23.8 Å². The highest BCUT2D eigenvalue weighted by molar-refractivity contribution is 5.75. The highest BCUT2D eigenvalue weighted by atomic mass is 19.1. The minimum Gasteiger partial charge on any atom is -0.481 e. The summed E-state index contributed by atoms with van der Waals surface area (Å²) in [6, 6.07) is 6.52. The van der Waals surface area contributed by atoms with Gasteiger partial charge in [-0.3, -0.25) is 4.79 Å². The maximum atomic E-state index is 13.7. The van der Waals surface area contributed by atoms with Crippen molar-refractivity contribution >= 4 is 5.97 Å². The summed E-state index contributed by atoms with van der Waals surface area (Å²) < 4.78 is 25.9. The third kappa shape index (κ3) is 2.46. The minimum absolute atomic E-state index is 0.167. The third-order valence-corrected chi connectivity index (χ3v) is 5.72. The molecule has 2 bridgehead atoms. The van der Waals surface area contributed by atoms with Crippen molar-refractivity contribution in [3.05, 3.63) is 35.6 Å². The molecule has 0 saturated carbocycles. The van der Waals surface area contributed by atoms with E-state index in [1.54, 1.807) is 32.0 Å². The summed E-state index contributed by atoms with van der Waals surface area (Å²) in [6.45, 7) is 5.55. The number of halogens is 1. The van der Waals surface area contributed by atoms with Crippen molar-refractivity contribution in [3.63, 3.8) is 0 Å². The molecule has 2 aliphatic heterocycles. The molecule has 0 radical (unpaired) electrons. The lowest BCUT2D eigenvalue weighted by Gasteiger charge is -2.38. The zero-order valence-electron chi connectivity index (χ0n) is 13.8. The van der Waals surface area contributed by atoms with E-state index in [0.717, 1.165) is 6.42 Å². The van der Waals surface area contributed by atoms with Gasteiger partial charge in [-0.05, 0) is 39.7 Å². The van der Waals surface area contributed by atoms with Crippen LogP contribution in [-0.2, 0) is 20.9 Å². The maximum Gasteiger partial charge on any atom is 0.312 e. The summed E-state index contributed by atoms with van der Waals surface area (Å²) in [6.07, 6.45) is 1.76. The summed E-state index contributed by atoms with van der Waals surface area (Å²) >= 11 is 0. The Bertz CT molecular complexity index is 629. The molecule has 1 N–H and O–H groups in total. The van der Waals surface area contributed by atoms with E-state index in [9.17, 15) is 14.3 Å². The zero-order chi connectivity index (χ0) is 16.9. The Labute approximate surface area is 135 Å². The van der Waals surface area contributed by atoms with E-state index in [-0.39, 0.29) is 18.5 Å². The van der Waals surface area contributed by atoms with Gasteiger partial charge in [0.2, 0.25) is 0 Å². The fourth-order valence-corrected chi connectivity index (χ4v) is 3.82. The van der Waals surface area contributed by atoms with Gasteiger partial charge in [-0.2, -0.15) is 0 Å². The van der Waals surface area contributed by atoms with E-state index in [1.807, 2.05) is 6.92 Å². The molecule has 2 saturated heterocycles. The second-order valence-electron chi connectivity index (χ2n) is 7.43. The van der Waals surface area contributed by atoms with Crippen LogP contribution in [0.4, 0.5) is 4.39 Å². The largest absolute Gasteiger partial charge is 0.481 e. The molecule has 0 aliphatic carbocycles. The number of carboxylic acid groups (broad SMARTS) is 1. The predicted octanol–water partition coefficient (Wildman–Crippen LogP) is 3.53. The van der Waals surface area contributed by atoms with Crippen LogP contribution < -0.4 is 0 Å². The molecule has 0 amide bonds. The second-order valence-corrected chi connectivity index (χ2v) is 7.43. The summed E-state index contributed by atoms with van der Waals surface area (Å²) in [5.41, 5.74) is -1.70. The molecular weight excluding hydrogens is 299 g/mol. The first kappa shape index (κ1) is 16.4. The number of benzene rings is 1. The van der Waals surface area contributed by atoms with Crippen LogP contribution in [0.2, 0.25) is 0 Å². The number of aliphatic carboxylic acids is 1. The molecule has 1 aromatic carbocycles. The van der Waals surface area contributed by atoms with Crippen molar-refractivity contribution in [2.75, 3.05) is 0 Å². The average molecular weight is 322 g/mol. The van der Waals surface area contributed by atoms with Crippen LogP contribution in [0.25, 0.3) is 0 Å². The molecule has 4 nitrogen and oxygen atoms in total. The molecule has 2 aliphatic rings. The van der Waals surface area contributed by atoms with E-state index in [2.05, 4.69) is 0 Å². The molecule has 23 heavy (non-hydrogen) atoms. The standard InChI is InChI=1S/C18H23FO4/c1-16(2,15(20)21)18-9-8-17(3,23-18)14(10-18)22-11-12-6-4-5-7-13(12)19/h4-7,14H,8-11H2,1-3H3,(H,20,21). The number of carbonyl (C=O) groups is 1. The Kier molecular flexibility index (Phi) is 3.76. The van der Waals surface area contributed by atoms with Crippen molar-refractivity contribution in [3.8, 4) is 0 Å². The van der Waals surface area contributed by atoms with Crippen LogP contribution >= 0.6 is 0 Å². The van der Waals surface area contributed by atoms with E-state index in [1.165, 1.54) is 6.07 Å². The van der Waals surface area contributed by atoms with E-state index < -0.39 is 22.6 Å². The smallest absolute Gasteiger partial charge is 0.312 e. The zero-order valence-corrected chi connectivity index (χ0v) is 13.8. The van der Waals surface area contributed by atoms with Crippen LogP contribution in [0.1, 0.15) is 45.6 Å². The lowest BCUT2D eigenvalue weighted by atomic mass is 9.67. The van der Waals surface area contributed by atoms with Gasteiger partial charge in [0.05, 0.1) is 29.3 Å². The van der Waals surface area contributed by atoms with Gasteiger partial charge in [-0.1, -0.05) is 18.2 Å². The number of hydrogen-bond acceptors (Lipinski definition) is 3. The van der Waals surface area contributed by atoms with Gasteiger partial charge in [0, 0.05) is 12.0 Å². The summed E-state index contributed by atoms with van der Waals surface area (Å²) in [5.74, 6) is -1.15. The van der Waals surface area contributed by atoms with Crippen LogP contribution in [0.15, 0.2) is 24.3 Å². The Balaban J connectivity index is 1.76. The summed E-state index contributed by atoms with van der Waals surface area (Å²) in [7, 11) is 0. The molecule has 5 heteroatoms. The first-order chi connectivity index (χ1) is 10.7. The Morgan fingerprint density at radius 2 is 2.13 bits per heavy atom. The molecule has 1 aromatic rings. The maximum absolute atomic E-state index is 13.7. The van der Waals surface area contributed by atoms with Crippen molar-refractivity contribution in [1.29, 1.82) is 0 Å². The molecule has 3 unspecified atom stereocenters. The first-order valence-electron chi connectivity index (χ1n) is 7.99. The number of rotatable bonds is 5. The van der Waals surface area contributed by atoms with Crippen LogP contribution in [0.5, 0.6) is 0 Å². The molecule has 0 aromatic heterocycles. The summed E-state index contributed by atoms with van der Waals surface area (Å²) in [4.78, 5) is 11.7. The topological polar surface area (TPSA) is 55.8 Å². The van der Waals surface area contributed by atoms with Gasteiger partial charge >= 0.3 is 5.97 Å². The number of carboxylic acids is 1. The minimum atomic E-state index is -0.985. The van der Waals surface area contributed by atoms with Crippen molar-refractivity contribution in [2.24, 2.45) is 5.41 Å². The molecular formula is C18H23FO4. The van der Waals surface area contributed by atoms with Gasteiger partial charge in [-0.15, -0.1) is 0 Å². The lowest BCUT2D eigenvalue weighted by molar-refractivity contribution is -0.169.